The van der Waals surface area contributed by atoms with Crippen LogP contribution in [0.3, 0.4) is 0 Å². The number of piperazine rings is 2. The van der Waals surface area contributed by atoms with Crippen molar-refractivity contribution in [2.75, 3.05) is 161 Å². The molecule has 0 aliphatic carbocycles. The minimum absolute atomic E-state index is 0.0366. The van der Waals surface area contributed by atoms with Gasteiger partial charge < -0.3 is 59.3 Å². The number of benzene rings is 3. The molecule has 0 bridgehead atoms. The third kappa shape index (κ3) is 18.9. The molecule has 22 nitrogen and oxygen atoms in total. The molecule has 1 aromatic heterocycles. The van der Waals surface area contributed by atoms with E-state index in [2.05, 4.69) is 58.0 Å². The molecule has 1 atom stereocenters. The number of carbonyl (C=O) groups is 6. The number of piperidine rings is 1. The molecular formula is C61H79F3N10O12. The van der Waals surface area contributed by atoms with E-state index in [0.717, 1.165) is 106 Å². The summed E-state index contributed by atoms with van der Waals surface area (Å²) in [6, 6.07) is 18.2. The lowest BCUT2D eigenvalue weighted by molar-refractivity contribution is -0.138. The van der Waals surface area contributed by atoms with Gasteiger partial charge in [-0.3, -0.25) is 48.7 Å². The number of pyridine rings is 1. The lowest BCUT2D eigenvalue weighted by Crippen LogP contribution is -2.54. The van der Waals surface area contributed by atoms with Crippen LogP contribution < -0.4 is 31.7 Å². The third-order valence-corrected chi connectivity index (χ3v) is 15.4. The normalized spacial score (nSPS) is 17.0. The maximum atomic E-state index is 13.9. The average molecular weight is 1200 g/mol. The molecular weight excluding hydrogens is 1120 g/mol. The Bertz CT molecular complexity index is 3000. The van der Waals surface area contributed by atoms with Crippen molar-refractivity contribution in [3.8, 4) is 11.1 Å². The smallest absolute Gasteiger partial charge is 0.382 e. The fourth-order valence-electron chi connectivity index (χ4n) is 10.7. The lowest BCUT2D eigenvalue weighted by atomic mass is 10.0. The molecule has 466 valence electrons. The second-order valence-corrected chi connectivity index (χ2v) is 21.6. The number of hydrogen-bond donors (Lipinski definition) is 5. The molecule has 4 aliphatic rings. The van der Waals surface area contributed by atoms with E-state index in [1.807, 2.05) is 37.4 Å². The number of fused-ring (bicyclic) bond motifs is 1. The van der Waals surface area contributed by atoms with Crippen molar-refractivity contribution in [3.63, 3.8) is 0 Å². The monoisotopic (exact) mass is 1200 g/mol. The summed E-state index contributed by atoms with van der Waals surface area (Å²) in [5.41, 5.74) is 1.90. The van der Waals surface area contributed by atoms with Crippen molar-refractivity contribution in [1.82, 2.24) is 35.2 Å². The molecule has 0 radical (unpaired) electrons. The number of imide groups is 2. The number of nitrogens with zero attached hydrogens (tertiary/aromatic N) is 5. The van der Waals surface area contributed by atoms with Gasteiger partial charge in [-0.15, -0.1) is 0 Å². The third-order valence-electron chi connectivity index (χ3n) is 15.4. The number of likely N-dealkylation sites (N-methyl/N-ethyl adjacent to an activating group) is 1. The number of aromatic nitrogens is 1. The van der Waals surface area contributed by atoms with Gasteiger partial charge in [0, 0.05) is 103 Å². The molecule has 4 aromatic rings. The van der Waals surface area contributed by atoms with Gasteiger partial charge in [-0.1, -0.05) is 43.2 Å². The summed E-state index contributed by atoms with van der Waals surface area (Å²) in [7, 11) is 2.03. The average Bonchev–Trinajstić information content (AvgIpc) is 1.67. The number of alkyl halides is 3. The molecule has 3 saturated heterocycles. The van der Waals surface area contributed by atoms with E-state index in [1.165, 1.54) is 0 Å². The van der Waals surface area contributed by atoms with Gasteiger partial charge in [0.25, 0.3) is 17.7 Å². The van der Waals surface area contributed by atoms with Crippen molar-refractivity contribution in [1.29, 1.82) is 0 Å². The van der Waals surface area contributed by atoms with Crippen LogP contribution >= 0.6 is 0 Å². The Kier molecular flexibility index (Phi) is 24.6. The van der Waals surface area contributed by atoms with Crippen LogP contribution in [0.1, 0.15) is 87.1 Å². The quantitative estimate of drug-likeness (QED) is 0.0316. The summed E-state index contributed by atoms with van der Waals surface area (Å²) in [6.07, 6.45) is 0.458. The molecule has 3 fully saturated rings. The number of unbranched alkanes of at least 4 members (excludes halogenated alkanes) is 3. The molecule has 8 rings (SSSR count). The highest BCUT2D eigenvalue weighted by molar-refractivity contribution is 6.25. The predicted molar refractivity (Wildman–Crippen MR) is 315 cm³/mol. The summed E-state index contributed by atoms with van der Waals surface area (Å²) >= 11 is 0. The molecule has 0 spiro atoms. The van der Waals surface area contributed by atoms with E-state index in [4.69, 9.17) is 23.7 Å². The molecule has 6 amide bonds. The second kappa shape index (κ2) is 32.6. The van der Waals surface area contributed by atoms with Crippen LogP contribution in [0.2, 0.25) is 0 Å². The van der Waals surface area contributed by atoms with E-state index >= 15 is 0 Å². The molecule has 1 unspecified atom stereocenters. The number of H-pyrrole nitrogens is 1. The van der Waals surface area contributed by atoms with Crippen LogP contribution in [0, 0.1) is 0 Å². The Morgan fingerprint density at radius 1 is 0.663 bits per heavy atom. The number of amides is 6. The lowest BCUT2D eigenvalue weighted by Gasteiger charge is -2.35. The Labute approximate surface area is 498 Å². The number of nitrogens with one attached hydrogen (secondary N) is 5. The first-order valence-electron chi connectivity index (χ1n) is 29.6. The van der Waals surface area contributed by atoms with Crippen molar-refractivity contribution >= 4 is 52.5 Å². The van der Waals surface area contributed by atoms with Crippen molar-refractivity contribution in [2.24, 2.45) is 0 Å². The molecule has 0 saturated carbocycles. The molecule has 25 heteroatoms. The highest BCUT2D eigenvalue weighted by atomic mass is 19.4. The van der Waals surface area contributed by atoms with Crippen molar-refractivity contribution in [3.05, 3.63) is 111 Å². The van der Waals surface area contributed by atoms with Crippen LogP contribution in [0.25, 0.3) is 11.1 Å². The minimum atomic E-state index is -4.90. The number of ether oxygens (including phenoxy) is 5. The number of rotatable bonds is 33. The fraction of sp³-hybridized carbons (Fsp3) is 0.525. The maximum absolute atomic E-state index is 13.9. The van der Waals surface area contributed by atoms with Crippen molar-refractivity contribution in [2.45, 2.75) is 63.7 Å². The highest BCUT2D eigenvalue weighted by Gasteiger charge is 2.45. The standard InChI is InChI=1S/C61H79F3N10O12/c1-70-20-26-73(27-21-70)51-13-12-45(39-50(51)68-57(78)47-41-67-55(77)40-48(47)61(62,63)64)44-9-6-8-43(38-44)42-72-24-22-71(23-25-72)19-5-3-2-4-17-66-53(75)16-28-82-30-32-84-34-36-86-37-35-85-33-31-83-29-18-65-49-11-7-10-46-56(49)60(81)74(59(46)80)52-14-15-54(76)69-58(52)79/h6-13,38-41,52,65H,2-5,14-37,42H2,1H3,(H,66,75)(H,67,77)(H,68,78)(H,69,76,79). The number of carbonyl (C=O) groups excluding carboxylic acids is 6. The maximum Gasteiger partial charge on any atom is 0.417 e. The van der Waals surface area contributed by atoms with Gasteiger partial charge >= 0.3 is 6.18 Å². The Balaban J connectivity index is 0.600. The van der Waals surface area contributed by atoms with Gasteiger partial charge in [-0.2, -0.15) is 13.2 Å². The molecule has 5 heterocycles. The fourth-order valence-corrected chi connectivity index (χ4v) is 10.7. The zero-order chi connectivity index (χ0) is 60.8. The molecule has 86 heavy (non-hydrogen) atoms. The Morgan fingerprint density at radius 3 is 2.01 bits per heavy atom. The number of hydrogen-bond acceptors (Lipinski definition) is 17. The van der Waals surface area contributed by atoms with Gasteiger partial charge in [0.05, 0.1) is 99.7 Å². The SMILES string of the molecule is CN1CCN(c2ccc(-c3cccc(CN4CCN(CCCCCCNC(=O)CCOCCOCCOCCOCCOCCNc5cccc6c5C(=O)N(C5CCC(=O)NC5=O)C6=O)CC4)c3)cc2NC(=O)c2c[nH]c(=O)cc2C(F)(F)F)CC1. The van der Waals surface area contributed by atoms with E-state index in [-0.39, 0.29) is 36.3 Å². The summed E-state index contributed by atoms with van der Waals surface area (Å²) in [4.78, 5) is 100. The summed E-state index contributed by atoms with van der Waals surface area (Å²) < 4.78 is 69.6. The van der Waals surface area contributed by atoms with Crippen LogP contribution in [0.15, 0.2) is 77.7 Å². The summed E-state index contributed by atoms with van der Waals surface area (Å²) in [5.74, 6) is -3.23. The first kappa shape index (κ1) is 64.9. The Hall–Kier alpha value is -7.10. The van der Waals surface area contributed by atoms with E-state index in [9.17, 15) is 46.7 Å². The minimum Gasteiger partial charge on any atom is -0.382 e. The topological polar surface area (TPSA) is 246 Å². The molecule has 5 N–H and O–H groups in total. The number of aromatic amines is 1. The first-order chi connectivity index (χ1) is 41.6. The van der Waals surface area contributed by atoms with Gasteiger partial charge in [-0.05, 0) is 79.9 Å². The Morgan fingerprint density at radius 2 is 1.31 bits per heavy atom. The summed E-state index contributed by atoms with van der Waals surface area (Å²) in [5, 5.41) is 11.1. The van der Waals surface area contributed by atoms with Gasteiger partial charge in [0.1, 0.15) is 6.04 Å². The van der Waals surface area contributed by atoms with Crippen molar-refractivity contribution < 1.29 is 65.6 Å². The van der Waals surface area contributed by atoms with E-state index in [1.54, 1.807) is 18.2 Å². The summed E-state index contributed by atoms with van der Waals surface area (Å²) in [6.45, 7) is 13.2. The van der Waals surface area contributed by atoms with Crippen LogP contribution in [0.5, 0.6) is 0 Å². The number of halogens is 3. The number of anilines is 3. The molecule has 4 aliphatic heterocycles. The zero-order valence-corrected chi connectivity index (χ0v) is 48.8. The van der Waals surface area contributed by atoms with Gasteiger partial charge in [-0.25, -0.2) is 0 Å². The van der Waals surface area contributed by atoms with E-state index < -0.39 is 58.4 Å². The predicted octanol–water partition coefficient (Wildman–Crippen LogP) is 4.85. The first-order valence-corrected chi connectivity index (χ1v) is 29.6. The second-order valence-electron chi connectivity index (χ2n) is 21.6. The van der Waals surface area contributed by atoms with E-state index in [0.29, 0.717) is 115 Å². The van der Waals surface area contributed by atoms with Gasteiger partial charge in [0.2, 0.25) is 23.3 Å². The van der Waals surface area contributed by atoms with Gasteiger partial charge in [0.15, 0.2) is 0 Å². The largest absolute Gasteiger partial charge is 0.417 e. The van der Waals surface area contributed by atoms with Crippen LogP contribution in [-0.2, 0) is 50.8 Å². The highest BCUT2D eigenvalue weighted by Crippen LogP contribution is 2.36. The van der Waals surface area contributed by atoms with Crippen LogP contribution in [-0.4, -0.2) is 211 Å². The van der Waals surface area contributed by atoms with Crippen LogP contribution in [0.4, 0.5) is 30.2 Å². The zero-order valence-electron chi connectivity index (χ0n) is 48.8. The molecule has 3 aromatic carbocycles.